The molecule has 31 heavy (non-hydrogen) atoms. The Labute approximate surface area is 187 Å². The molecule has 0 bridgehead atoms. The van der Waals surface area contributed by atoms with Crippen molar-refractivity contribution in [2.24, 2.45) is 0 Å². The highest BCUT2D eigenvalue weighted by Gasteiger charge is 1.95. The van der Waals surface area contributed by atoms with Crippen LogP contribution in [0.25, 0.3) is 11.1 Å². The Hall–Kier alpha value is -3.90. The fourth-order valence-electron chi connectivity index (χ4n) is 2.79. The molecule has 2 aromatic rings. The van der Waals surface area contributed by atoms with E-state index in [9.17, 15) is 0 Å². The molecule has 0 saturated carbocycles. The molecule has 154 valence electrons. The van der Waals surface area contributed by atoms with Crippen molar-refractivity contribution in [1.82, 2.24) is 0 Å². The minimum absolute atomic E-state index is 0.954. The van der Waals surface area contributed by atoms with Crippen LogP contribution >= 0.6 is 0 Å². The van der Waals surface area contributed by atoms with Gasteiger partial charge in [-0.2, -0.15) is 0 Å². The van der Waals surface area contributed by atoms with Gasteiger partial charge in [-0.15, -0.1) is 0 Å². The first kappa shape index (κ1) is 23.4. The second-order valence-corrected chi connectivity index (χ2v) is 6.89. The molecule has 0 nitrogen and oxygen atoms in total. The number of hydrogen-bond acceptors (Lipinski definition) is 0. The van der Waals surface area contributed by atoms with Crippen LogP contribution in [0, 0.1) is 0 Å². The summed E-state index contributed by atoms with van der Waals surface area (Å²) in [4.78, 5) is 0. The van der Waals surface area contributed by atoms with Crippen molar-refractivity contribution >= 4 is 11.1 Å². The van der Waals surface area contributed by atoms with Crippen LogP contribution in [-0.2, 0) is 0 Å². The highest BCUT2D eigenvalue weighted by molar-refractivity contribution is 5.73. The van der Waals surface area contributed by atoms with E-state index in [1.807, 2.05) is 110 Å². The molecule has 0 aliphatic rings. The van der Waals surface area contributed by atoms with E-state index in [0.717, 1.165) is 33.4 Å². The van der Waals surface area contributed by atoms with Gasteiger partial charge in [0.1, 0.15) is 0 Å². The predicted molar refractivity (Wildman–Crippen MR) is 140 cm³/mol. The number of rotatable bonds is 10. The summed E-state index contributed by atoms with van der Waals surface area (Å²) in [5.41, 5.74) is 6.19. The van der Waals surface area contributed by atoms with Gasteiger partial charge in [-0.05, 0) is 40.3 Å². The average Bonchev–Trinajstić information content (AvgIpc) is 2.81. The maximum atomic E-state index is 4.16. The van der Waals surface area contributed by atoms with Crippen LogP contribution < -0.4 is 0 Å². The molecule has 0 aliphatic carbocycles. The molecule has 0 N–H and O–H groups in total. The summed E-state index contributed by atoms with van der Waals surface area (Å²) in [6, 6.07) is 20.3. The second-order valence-electron chi connectivity index (χ2n) is 6.89. The molecule has 0 heterocycles. The van der Waals surface area contributed by atoms with Crippen LogP contribution in [0.5, 0.6) is 0 Å². The van der Waals surface area contributed by atoms with Gasteiger partial charge in [0.15, 0.2) is 0 Å². The lowest BCUT2D eigenvalue weighted by Crippen LogP contribution is -1.81. The molecular formula is C31H30. The van der Waals surface area contributed by atoms with Crippen LogP contribution in [0.15, 0.2) is 158 Å². The monoisotopic (exact) mass is 402 g/mol. The van der Waals surface area contributed by atoms with E-state index in [4.69, 9.17) is 0 Å². The Bertz CT molecular complexity index is 1050. The molecule has 0 radical (unpaired) electrons. The lowest BCUT2D eigenvalue weighted by Gasteiger charge is -2.01. The van der Waals surface area contributed by atoms with E-state index in [0.29, 0.717) is 0 Å². The summed E-state index contributed by atoms with van der Waals surface area (Å²) in [5.74, 6) is 0. The van der Waals surface area contributed by atoms with Gasteiger partial charge < -0.3 is 0 Å². The summed E-state index contributed by atoms with van der Waals surface area (Å²) >= 11 is 0. The first-order valence-electron chi connectivity index (χ1n) is 10.3. The maximum absolute atomic E-state index is 4.16. The van der Waals surface area contributed by atoms with Crippen molar-refractivity contribution in [2.75, 3.05) is 0 Å². The zero-order chi connectivity index (χ0) is 22.3. The van der Waals surface area contributed by atoms with Crippen molar-refractivity contribution in [1.29, 1.82) is 0 Å². The molecule has 0 aliphatic heterocycles. The highest BCUT2D eigenvalue weighted by Crippen LogP contribution is 2.16. The van der Waals surface area contributed by atoms with Gasteiger partial charge >= 0.3 is 0 Å². The van der Waals surface area contributed by atoms with Crippen LogP contribution in [0.4, 0.5) is 0 Å². The molecule has 0 spiro atoms. The highest BCUT2D eigenvalue weighted by atomic mass is 14.0. The van der Waals surface area contributed by atoms with Gasteiger partial charge in [0.05, 0.1) is 0 Å². The molecule has 0 atom stereocenters. The van der Waals surface area contributed by atoms with Crippen molar-refractivity contribution in [3.8, 4) is 0 Å². The first-order chi connectivity index (χ1) is 15.1. The summed E-state index contributed by atoms with van der Waals surface area (Å²) in [5, 5.41) is 0. The van der Waals surface area contributed by atoms with E-state index in [-0.39, 0.29) is 0 Å². The molecule has 0 aromatic heterocycles. The lowest BCUT2D eigenvalue weighted by atomic mass is 10.0. The van der Waals surface area contributed by atoms with E-state index < -0.39 is 0 Å². The van der Waals surface area contributed by atoms with Gasteiger partial charge in [-0.3, -0.25) is 0 Å². The Balaban J connectivity index is 2.02. The Morgan fingerprint density at radius 2 is 1.06 bits per heavy atom. The normalized spacial score (nSPS) is 12.6. The maximum Gasteiger partial charge on any atom is -0.0190 e. The minimum Gasteiger partial charge on any atom is -0.0912 e. The third kappa shape index (κ3) is 8.55. The molecule has 2 aromatic carbocycles. The number of benzene rings is 2. The zero-order valence-corrected chi connectivity index (χ0v) is 18.2. The molecule has 0 heteroatoms. The van der Waals surface area contributed by atoms with Crippen LogP contribution in [0.3, 0.4) is 0 Å². The van der Waals surface area contributed by atoms with Gasteiger partial charge in [0.25, 0.3) is 0 Å². The number of allylic oxidation sites excluding steroid dienone is 15. The predicted octanol–water partition coefficient (Wildman–Crippen LogP) is 8.70. The summed E-state index contributed by atoms with van der Waals surface area (Å²) in [6.45, 7) is 14.4. The fraction of sp³-hybridized carbons (Fsp3) is 0.0323. The fourth-order valence-corrected chi connectivity index (χ4v) is 2.79. The quantitative estimate of drug-likeness (QED) is 0.349. The molecule has 2 rings (SSSR count). The van der Waals surface area contributed by atoms with Gasteiger partial charge in [-0.1, -0.05) is 147 Å². The SMILES string of the molecule is C=C(/C=C\C)C(=C\C=C/C(=C)c1ccccc1)/C=C/C=C\C=C/C(=C)c1ccccc1. The summed E-state index contributed by atoms with van der Waals surface area (Å²) in [7, 11) is 0. The number of hydrogen-bond donors (Lipinski definition) is 0. The van der Waals surface area contributed by atoms with Gasteiger partial charge in [0, 0.05) is 0 Å². The van der Waals surface area contributed by atoms with E-state index >= 15 is 0 Å². The minimum atomic E-state index is 0.954. The summed E-state index contributed by atoms with van der Waals surface area (Å²) < 4.78 is 0. The topological polar surface area (TPSA) is 0 Å². The Morgan fingerprint density at radius 3 is 1.58 bits per heavy atom. The third-order valence-corrected chi connectivity index (χ3v) is 4.51. The van der Waals surface area contributed by atoms with Crippen molar-refractivity contribution in [3.05, 3.63) is 170 Å². The van der Waals surface area contributed by atoms with Crippen molar-refractivity contribution in [2.45, 2.75) is 6.92 Å². The smallest absolute Gasteiger partial charge is 0.0190 e. The zero-order valence-electron chi connectivity index (χ0n) is 18.2. The molecule has 0 saturated heterocycles. The first-order valence-corrected chi connectivity index (χ1v) is 10.3. The van der Waals surface area contributed by atoms with E-state index in [1.54, 1.807) is 0 Å². The molecule has 0 amide bonds. The Morgan fingerprint density at radius 1 is 0.581 bits per heavy atom. The van der Waals surface area contributed by atoms with Gasteiger partial charge in [0.2, 0.25) is 0 Å². The lowest BCUT2D eigenvalue weighted by molar-refractivity contribution is 1.54. The van der Waals surface area contributed by atoms with E-state index in [2.05, 4.69) is 44.0 Å². The van der Waals surface area contributed by atoms with Gasteiger partial charge in [-0.25, -0.2) is 0 Å². The van der Waals surface area contributed by atoms with Crippen LogP contribution in [0.2, 0.25) is 0 Å². The van der Waals surface area contributed by atoms with Crippen LogP contribution in [0.1, 0.15) is 18.1 Å². The standard InChI is InChI=1S/C31H30/c1-5-17-26(2)31(25-16-19-28(4)30-23-14-9-15-24-30)20-11-7-6-10-18-27(3)29-21-12-8-13-22-29/h5-25H,2-4H2,1H3/b7-6-,17-5-,18-10-,19-16-,20-11+,31-25-. The van der Waals surface area contributed by atoms with Crippen LogP contribution in [-0.4, -0.2) is 0 Å². The molecule has 0 unspecified atom stereocenters. The molecular weight excluding hydrogens is 372 g/mol. The summed E-state index contributed by atoms with van der Waals surface area (Å²) in [6.07, 6.45) is 22.1. The second kappa shape index (κ2) is 13.3. The third-order valence-electron chi connectivity index (χ3n) is 4.51. The largest absolute Gasteiger partial charge is 0.0912 e. The van der Waals surface area contributed by atoms with E-state index in [1.165, 1.54) is 0 Å². The molecule has 0 fully saturated rings. The van der Waals surface area contributed by atoms with Crippen molar-refractivity contribution in [3.63, 3.8) is 0 Å². The van der Waals surface area contributed by atoms with Crippen molar-refractivity contribution < 1.29 is 0 Å². The Kier molecular flexibility index (Phi) is 10.1. The average molecular weight is 403 g/mol.